The molecule has 0 bridgehead atoms. The Bertz CT molecular complexity index is 745. The van der Waals surface area contributed by atoms with Crippen molar-refractivity contribution >= 4 is 11.9 Å². The standard InChI is InChI=1S/C19H21FN2O3/c1-22(2)17(15-4-3-5-16(20)12-15)18(23)21-11-10-13-6-8-14(9-7-13)19(24)25/h3-9,12,17H,10-11H2,1-2H3,(H,21,23)(H,24,25). The van der Waals surface area contributed by atoms with Gasteiger partial charge in [0.2, 0.25) is 5.91 Å². The lowest BCUT2D eigenvalue weighted by molar-refractivity contribution is -0.125. The van der Waals surface area contributed by atoms with Crippen LogP contribution in [0.5, 0.6) is 0 Å². The SMILES string of the molecule is CN(C)C(C(=O)NCCc1ccc(C(=O)O)cc1)c1cccc(F)c1. The summed E-state index contributed by atoms with van der Waals surface area (Å²) in [5.74, 6) is -1.56. The van der Waals surface area contributed by atoms with Gasteiger partial charge in [-0.1, -0.05) is 24.3 Å². The van der Waals surface area contributed by atoms with Gasteiger partial charge < -0.3 is 10.4 Å². The summed E-state index contributed by atoms with van der Waals surface area (Å²) in [6.07, 6.45) is 0.578. The van der Waals surface area contributed by atoms with Crippen molar-refractivity contribution in [1.29, 1.82) is 0 Å². The van der Waals surface area contributed by atoms with Crippen LogP contribution in [0.4, 0.5) is 4.39 Å². The largest absolute Gasteiger partial charge is 0.478 e. The maximum atomic E-state index is 13.4. The third-order valence-electron chi connectivity index (χ3n) is 3.84. The first-order chi connectivity index (χ1) is 11.9. The predicted octanol–water partition coefficient (Wildman–Crippen LogP) is 2.49. The summed E-state index contributed by atoms with van der Waals surface area (Å²) in [5, 5.41) is 11.7. The van der Waals surface area contributed by atoms with Gasteiger partial charge in [0, 0.05) is 6.54 Å². The van der Waals surface area contributed by atoms with Crippen molar-refractivity contribution in [1.82, 2.24) is 10.2 Å². The lowest BCUT2D eigenvalue weighted by Gasteiger charge is -2.24. The number of rotatable bonds is 7. The lowest BCUT2D eigenvalue weighted by atomic mass is 10.0. The number of carbonyl (C=O) groups excluding carboxylic acids is 1. The second kappa shape index (κ2) is 8.39. The third-order valence-corrected chi connectivity index (χ3v) is 3.84. The van der Waals surface area contributed by atoms with Gasteiger partial charge in [0.05, 0.1) is 5.56 Å². The number of aromatic carboxylic acids is 1. The molecule has 0 saturated carbocycles. The fraction of sp³-hybridized carbons (Fsp3) is 0.263. The molecule has 0 heterocycles. The topological polar surface area (TPSA) is 69.6 Å². The number of halogens is 1. The predicted molar refractivity (Wildman–Crippen MR) is 92.9 cm³/mol. The first kappa shape index (κ1) is 18.6. The Morgan fingerprint density at radius 2 is 1.84 bits per heavy atom. The molecule has 0 aliphatic rings. The molecule has 0 saturated heterocycles. The van der Waals surface area contributed by atoms with Crippen molar-refractivity contribution in [3.05, 3.63) is 71.0 Å². The molecule has 1 amide bonds. The monoisotopic (exact) mass is 344 g/mol. The molecule has 6 heteroatoms. The first-order valence-corrected chi connectivity index (χ1v) is 7.90. The molecule has 0 aromatic heterocycles. The zero-order valence-corrected chi connectivity index (χ0v) is 14.2. The summed E-state index contributed by atoms with van der Waals surface area (Å²) in [5.41, 5.74) is 1.75. The molecule has 0 aliphatic heterocycles. The van der Waals surface area contributed by atoms with Gasteiger partial charge in [-0.3, -0.25) is 9.69 Å². The highest BCUT2D eigenvalue weighted by molar-refractivity contribution is 5.87. The van der Waals surface area contributed by atoms with Crippen LogP contribution in [0.15, 0.2) is 48.5 Å². The van der Waals surface area contributed by atoms with Crippen LogP contribution in [0.1, 0.15) is 27.5 Å². The van der Waals surface area contributed by atoms with Crippen LogP contribution < -0.4 is 5.32 Å². The van der Waals surface area contributed by atoms with E-state index < -0.39 is 12.0 Å². The van der Waals surface area contributed by atoms with Crippen LogP contribution in [0.25, 0.3) is 0 Å². The van der Waals surface area contributed by atoms with Crippen LogP contribution in [-0.2, 0) is 11.2 Å². The van der Waals surface area contributed by atoms with Gasteiger partial charge in [-0.05, 0) is 55.9 Å². The van der Waals surface area contributed by atoms with Crippen molar-refractivity contribution in [2.45, 2.75) is 12.5 Å². The number of carboxylic acids is 1. The van der Waals surface area contributed by atoms with Gasteiger partial charge in [0.15, 0.2) is 0 Å². The van der Waals surface area contributed by atoms with Crippen molar-refractivity contribution in [2.24, 2.45) is 0 Å². The van der Waals surface area contributed by atoms with Gasteiger partial charge >= 0.3 is 5.97 Å². The molecule has 5 nitrogen and oxygen atoms in total. The molecule has 2 rings (SSSR count). The molecular formula is C19H21FN2O3. The van der Waals surface area contributed by atoms with Crippen LogP contribution in [-0.4, -0.2) is 42.5 Å². The molecule has 132 valence electrons. The maximum Gasteiger partial charge on any atom is 0.335 e. The molecular weight excluding hydrogens is 323 g/mol. The maximum absolute atomic E-state index is 13.4. The van der Waals surface area contributed by atoms with E-state index in [9.17, 15) is 14.0 Å². The van der Waals surface area contributed by atoms with Gasteiger partial charge in [-0.25, -0.2) is 9.18 Å². The number of nitrogens with one attached hydrogen (secondary N) is 1. The van der Waals surface area contributed by atoms with Gasteiger partial charge in [-0.2, -0.15) is 0 Å². The summed E-state index contributed by atoms with van der Waals surface area (Å²) >= 11 is 0. The number of benzene rings is 2. The Kier molecular flexibility index (Phi) is 6.25. The van der Waals surface area contributed by atoms with E-state index in [0.717, 1.165) is 5.56 Å². The molecule has 2 N–H and O–H groups in total. The number of hydrogen-bond donors (Lipinski definition) is 2. The van der Waals surface area contributed by atoms with Crippen LogP contribution >= 0.6 is 0 Å². The normalized spacial score (nSPS) is 12.0. The number of likely N-dealkylation sites (N-methyl/N-ethyl adjacent to an activating group) is 1. The number of amides is 1. The average molecular weight is 344 g/mol. The van der Waals surface area contributed by atoms with Gasteiger partial charge in [0.1, 0.15) is 11.9 Å². The molecule has 1 atom stereocenters. The third kappa shape index (κ3) is 5.12. The van der Waals surface area contributed by atoms with Crippen molar-refractivity contribution in [3.63, 3.8) is 0 Å². The van der Waals surface area contributed by atoms with E-state index in [4.69, 9.17) is 5.11 Å². The molecule has 25 heavy (non-hydrogen) atoms. The Morgan fingerprint density at radius 1 is 1.16 bits per heavy atom. The number of nitrogens with zero attached hydrogens (tertiary/aromatic N) is 1. The van der Waals surface area contributed by atoms with Gasteiger partial charge in [-0.15, -0.1) is 0 Å². The summed E-state index contributed by atoms with van der Waals surface area (Å²) in [7, 11) is 3.53. The lowest BCUT2D eigenvalue weighted by Crippen LogP contribution is -2.38. The number of carboxylic acid groups (broad SMARTS) is 1. The van der Waals surface area contributed by atoms with Crippen LogP contribution in [0.3, 0.4) is 0 Å². The fourth-order valence-corrected chi connectivity index (χ4v) is 2.60. The number of hydrogen-bond acceptors (Lipinski definition) is 3. The van der Waals surface area contributed by atoms with Crippen molar-refractivity contribution in [2.75, 3.05) is 20.6 Å². The second-order valence-electron chi connectivity index (χ2n) is 5.96. The van der Waals surface area contributed by atoms with Crippen LogP contribution in [0.2, 0.25) is 0 Å². The highest BCUT2D eigenvalue weighted by Gasteiger charge is 2.22. The Hall–Kier alpha value is -2.73. The molecule has 0 fully saturated rings. The van der Waals surface area contributed by atoms with E-state index in [0.29, 0.717) is 18.5 Å². The van der Waals surface area contributed by atoms with E-state index in [1.807, 2.05) is 0 Å². The minimum atomic E-state index is -0.969. The van der Waals surface area contributed by atoms with Crippen molar-refractivity contribution in [3.8, 4) is 0 Å². The zero-order chi connectivity index (χ0) is 18.4. The van der Waals surface area contributed by atoms with Crippen molar-refractivity contribution < 1.29 is 19.1 Å². The molecule has 0 radical (unpaired) electrons. The fourth-order valence-electron chi connectivity index (χ4n) is 2.60. The van der Waals surface area contributed by atoms with E-state index in [1.165, 1.54) is 24.3 Å². The Morgan fingerprint density at radius 3 is 2.40 bits per heavy atom. The van der Waals surface area contributed by atoms with E-state index in [1.54, 1.807) is 43.3 Å². The first-order valence-electron chi connectivity index (χ1n) is 7.90. The minimum absolute atomic E-state index is 0.210. The summed E-state index contributed by atoms with van der Waals surface area (Å²) < 4.78 is 13.4. The molecule has 2 aromatic carbocycles. The average Bonchev–Trinajstić information content (AvgIpc) is 2.55. The summed E-state index contributed by atoms with van der Waals surface area (Å²) in [4.78, 5) is 25.0. The van der Waals surface area contributed by atoms with Crippen LogP contribution in [0, 0.1) is 5.82 Å². The zero-order valence-electron chi connectivity index (χ0n) is 14.2. The van der Waals surface area contributed by atoms with E-state index in [2.05, 4.69) is 5.32 Å². The number of carbonyl (C=O) groups is 2. The van der Waals surface area contributed by atoms with E-state index >= 15 is 0 Å². The highest BCUT2D eigenvalue weighted by atomic mass is 19.1. The quantitative estimate of drug-likeness (QED) is 0.810. The molecule has 1 unspecified atom stereocenters. The molecule has 2 aromatic rings. The smallest absolute Gasteiger partial charge is 0.335 e. The van der Waals surface area contributed by atoms with E-state index in [-0.39, 0.29) is 17.3 Å². The Balaban J connectivity index is 1.96. The molecule has 0 aliphatic carbocycles. The summed E-state index contributed by atoms with van der Waals surface area (Å²) in [6, 6.07) is 12.0. The second-order valence-corrected chi connectivity index (χ2v) is 5.96. The summed E-state index contributed by atoms with van der Waals surface area (Å²) in [6.45, 7) is 0.408. The highest BCUT2D eigenvalue weighted by Crippen LogP contribution is 2.19. The van der Waals surface area contributed by atoms with Gasteiger partial charge in [0.25, 0.3) is 0 Å². The molecule has 0 spiro atoms. The minimum Gasteiger partial charge on any atom is -0.478 e. The Labute approximate surface area is 146 Å².